The van der Waals surface area contributed by atoms with Crippen LogP contribution < -0.4 is 5.32 Å². The molecular formula is C18H37N3O2. The second-order valence-electron chi connectivity index (χ2n) is 8.33. The van der Waals surface area contributed by atoms with Crippen molar-refractivity contribution < 1.29 is 9.53 Å². The zero-order valence-electron chi connectivity index (χ0n) is 16.2. The Morgan fingerprint density at radius 1 is 1.39 bits per heavy atom. The van der Waals surface area contributed by atoms with Gasteiger partial charge in [-0.25, -0.2) is 4.79 Å². The molecule has 0 aliphatic carbocycles. The highest BCUT2D eigenvalue weighted by Crippen LogP contribution is 2.18. The minimum absolute atomic E-state index is 0.244. The van der Waals surface area contributed by atoms with E-state index in [0.29, 0.717) is 18.5 Å². The fraction of sp³-hybridized carbons (Fsp3) is 0.944. The van der Waals surface area contributed by atoms with Gasteiger partial charge in [0.2, 0.25) is 0 Å². The van der Waals surface area contributed by atoms with E-state index in [4.69, 9.17) is 4.74 Å². The van der Waals surface area contributed by atoms with Crippen molar-refractivity contribution in [2.24, 2.45) is 11.8 Å². The fourth-order valence-electron chi connectivity index (χ4n) is 3.11. The lowest BCUT2D eigenvalue weighted by atomic mass is 9.91. The highest BCUT2D eigenvalue weighted by Gasteiger charge is 2.24. The molecule has 0 aromatic heterocycles. The number of carbonyl (C=O) groups excluding carboxylic acids is 1. The van der Waals surface area contributed by atoms with E-state index in [-0.39, 0.29) is 6.09 Å². The van der Waals surface area contributed by atoms with Gasteiger partial charge in [-0.3, -0.25) is 0 Å². The van der Waals surface area contributed by atoms with Gasteiger partial charge in [-0.2, -0.15) is 0 Å². The van der Waals surface area contributed by atoms with E-state index in [0.717, 1.165) is 12.5 Å². The predicted molar refractivity (Wildman–Crippen MR) is 95.7 cm³/mol. The molecule has 3 unspecified atom stereocenters. The highest BCUT2D eigenvalue weighted by molar-refractivity contribution is 5.67. The van der Waals surface area contributed by atoms with Crippen molar-refractivity contribution in [1.29, 1.82) is 0 Å². The molecule has 1 amide bonds. The number of hydrogen-bond acceptors (Lipinski definition) is 4. The van der Waals surface area contributed by atoms with Crippen LogP contribution >= 0.6 is 0 Å². The number of nitrogens with one attached hydrogen (secondary N) is 1. The van der Waals surface area contributed by atoms with Crippen molar-refractivity contribution in [2.45, 2.75) is 59.1 Å². The number of piperidine rings is 1. The molecule has 0 aromatic rings. The second-order valence-corrected chi connectivity index (χ2v) is 8.33. The Morgan fingerprint density at radius 2 is 2.04 bits per heavy atom. The number of ether oxygens (including phenoxy) is 1. The summed E-state index contributed by atoms with van der Waals surface area (Å²) in [7, 11) is 4.02. The quantitative estimate of drug-likeness (QED) is 0.815. The molecule has 0 saturated carbocycles. The monoisotopic (exact) mass is 327 g/mol. The Balaban J connectivity index is 2.30. The lowest BCUT2D eigenvalue weighted by molar-refractivity contribution is 0.0276. The molecule has 1 fully saturated rings. The number of carbonyl (C=O) groups is 1. The van der Waals surface area contributed by atoms with Crippen LogP contribution in [0.4, 0.5) is 4.79 Å². The van der Waals surface area contributed by atoms with Gasteiger partial charge in [-0.05, 0) is 72.5 Å². The van der Waals surface area contributed by atoms with Crippen molar-refractivity contribution >= 4 is 6.09 Å². The molecule has 3 atom stereocenters. The second kappa shape index (κ2) is 8.88. The van der Waals surface area contributed by atoms with E-state index in [1.807, 2.05) is 27.8 Å². The summed E-state index contributed by atoms with van der Waals surface area (Å²) in [6.45, 7) is 14.2. The first kappa shape index (κ1) is 20.2. The van der Waals surface area contributed by atoms with E-state index in [9.17, 15) is 4.79 Å². The van der Waals surface area contributed by atoms with Crippen LogP contribution in [0.15, 0.2) is 0 Å². The molecule has 1 rings (SSSR count). The number of hydrogen-bond donors (Lipinski definition) is 1. The van der Waals surface area contributed by atoms with Gasteiger partial charge in [0.15, 0.2) is 0 Å². The molecule has 1 aliphatic rings. The highest BCUT2D eigenvalue weighted by atomic mass is 16.6. The summed E-state index contributed by atoms with van der Waals surface area (Å²) < 4.78 is 5.39. The first-order valence-corrected chi connectivity index (χ1v) is 8.94. The average molecular weight is 328 g/mol. The number of nitrogens with zero attached hydrogens (tertiary/aromatic N) is 2. The molecule has 0 radical (unpaired) electrons. The van der Waals surface area contributed by atoms with Crippen LogP contribution in [0.3, 0.4) is 0 Å². The third-order valence-corrected chi connectivity index (χ3v) is 4.45. The Labute approximate surface area is 142 Å². The van der Waals surface area contributed by atoms with Crippen molar-refractivity contribution in [2.75, 3.05) is 40.3 Å². The molecular weight excluding hydrogens is 290 g/mol. The maximum Gasteiger partial charge on any atom is 0.410 e. The minimum Gasteiger partial charge on any atom is -0.444 e. The van der Waals surface area contributed by atoms with Crippen LogP contribution in [0.25, 0.3) is 0 Å². The van der Waals surface area contributed by atoms with Gasteiger partial charge in [0, 0.05) is 26.2 Å². The summed E-state index contributed by atoms with van der Waals surface area (Å²) in [5.74, 6) is 1.13. The molecule has 136 valence electrons. The van der Waals surface area contributed by atoms with Crippen molar-refractivity contribution in [3.8, 4) is 0 Å². The van der Waals surface area contributed by atoms with E-state index in [1.54, 1.807) is 4.90 Å². The molecule has 23 heavy (non-hydrogen) atoms. The summed E-state index contributed by atoms with van der Waals surface area (Å²) >= 11 is 0. The molecule has 0 bridgehead atoms. The van der Waals surface area contributed by atoms with Crippen LogP contribution in [0, 0.1) is 11.8 Å². The fourth-order valence-corrected chi connectivity index (χ4v) is 3.11. The van der Waals surface area contributed by atoms with Gasteiger partial charge in [-0.1, -0.05) is 6.92 Å². The molecule has 1 aliphatic heterocycles. The van der Waals surface area contributed by atoms with Gasteiger partial charge < -0.3 is 19.9 Å². The van der Waals surface area contributed by atoms with Gasteiger partial charge in [-0.15, -0.1) is 0 Å². The summed E-state index contributed by atoms with van der Waals surface area (Å²) in [5, 5.41) is 3.66. The van der Waals surface area contributed by atoms with Gasteiger partial charge in [0.1, 0.15) is 5.60 Å². The zero-order chi connectivity index (χ0) is 17.6. The first-order valence-electron chi connectivity index (χ1n) is 8.94. The minimum atomic E-state index is -0.436. The summed E-state index contributed by atoms with van der Waals surface area (Å²) in [5.41, 5.74) is -0.436. The molecule has 0 aromatic carbocycles. The van der Waals surface area contributed by atoms with Gasteiger partial charge >= 0.3 is 6.09 Å². The van der Waals surface area contributed by atoms with Crippen LogP contribution in [-0.2, 0) is 4.74 Å². The standard InChI is InChI=1S/C18H37N3O2/c1-14(12-21(7)17(22)23-18(3,4)5)11-19-15(2)16-9-8-10-20(6)13-16/h14-16,19H,8-13H2,1-7H3. The van der Waals surface area contributed by atoms with E-state index in [2.05, 4.69) is 31.1 Å². The zero-order valence-corrected chi connectivity index (χ0v) is 16.2. The van der Waals surface area contributed by atoms with E-state index < -0.39 is 5.60 Å². The van der Waals surface area contributed by atoms with Crippen LogP contribution in [0.5, 0.6) is 0 Å². The molecule has 1 heterocycles. The number of likely N-dealkylation sites (tertiary alicyclic amines) is 1. The normalized spacial score (nSPS) is 22.5. The van der Waals surface area contributed by atoms with Crippen molar-refractivity contribution in [3.63, 3.8) is 0 Å². The molecule has 5 nitrogen and oxygen atoms in total. The largest absolute Gasteiger partial charge is 0.444 e. The molecule has 5 heteroatoms. The molecule has 0 spiro atoms. The number of rotatable bonds is 6. The first-order chi connectivity index (χ1) is 10.6. The average Bonchev–Trinajstić information content (AvgIpc) is 2.42. The molecule has 1 saturated heterocycles. The maximum atomic E-state index is 12.0. The van der Waals surface area contributed by atoms with Crippen LogP contribution in [-0.4, -0.2) is 67.8 Å². The number of amides is 1. The van der Waals surface area contributed by atoms with Crippen molar-refractivity contribution in [3.05, 3.63) is 0 Å². The van der Waals surface area contributed by atoms with E-state index in [1.165, 1.54) is 25.9 Å². The summed E-state index contributed by atoms with van der Waals surface area (Å²) in [6.07, 6.45) is 2.36. The Kier molecular flexibility index (Phi) is 7.81. The summed E-state index contributed by atoms with van der Waals surface area (Å²) in [4.78, 5) is 16.1. The lowest BCUT2D eigenvalue weighted by Crippen LogP contribution is -2.45. The van der Waals surface area contributed by atoms with Crippen LogP contribution in [0.1, 0.15) is 47.5 Å². The topological polar surface area (TPSA) is 44.8 Å². The third-order valence-electron chi connectivity index (χ3n) is 4.45. The van der Waals surface area contributed by atoms with Gasteiger partial charge in [0.25, 0.3) is 0 Å². The lowest BCUT2D eigenvalue weighted by Gasteiger charge is -2.34. The predicted octanol–water partition coefficient (Wildman–Crippen LogP) is 2.81. The maximum absolute atomic E-state index is 12.0. The van der Waals surface area contributed by atoms with Crippen LogP contribution in [0.2, 0.25) is 0 Å². The Bertz CT molecular complexity index is 368. The molecule has 1 N–H and O–H groups in total. The third kappa shape index (κ3) is 8.02. The SMILES string of the molecule is CC(CNC(C)C1CCCN(C)C1)CN(C)C(=O)OC(C)(C)C. The smallest absolute Gasteiger partial charge is 0.410 e. The van der Waals surface area contributed by atoms with Crippen molar-refractivity contribution in [1.82, 2.24) is 15.1 Å². The van der Waals surface area contributed by atoms with Gasteiger partial charge in [0.05, 0.1) is 0 Å². The Hall–Kier alpha value is -0.810. The summed E-state index contributed by atoms with van der Waals surface area (Å²) in [6, 6.07) is 0.520. The Morgan fingerprint density at radius 3 is 2.61 bits per heavy atom. The van der Waals surface area contributed by atoms with E-state index >= 15 is 0 Å².